The molecule has 0 aliphatic rings. The molecule has 0 spiro atoms. The molecule has 0 aromatic heterocycles. The van der Waals surface area contributed by atoms with Crippen molar-refractivity contribution in [3.8, 4) is 5.75 Å². The minimum atomic E-state index is -0.483. The zero-order chi connectivity index (χ0) is 14.5. The van der Waals surface area contributed by atoms with E-state index < -0.39 is 5.82 Å². The summed E-state index contributed by atoms with van der Waals surface area (Å²) in [5.74, 6) is -0.0231. The van der Waals surface area contributed by atoms with E-state index in [0.717, 1.165) is 0 Å². The van der Waals surface area contributed by atoms with Crippen LogP contribution in [-0.4, -0.2) is 11.0 Å². The molecular weight excluding hydrogens is 283 g/mol. The Hall–Kier alpha value is -2.27. The Morgan fingerprint density at radius 2 is 1.95 bits per heavy atom. The van der Waals surface area contributed by atoms with Crippen LogP contribution in [0.1, 0.15) is 11.1 Å². The van der Waals surface area contributed by atoms with Crippen LogP contribution in [0.3, 0.4) is 0 Å². The van der Waals surface area contributed by atoms with Gasteiger partial charge in [0.25, 0.3) is 0 Å². The highest BCUT2D eigenvalue weighted by atomic mass is 35.5. The quantitative estimate of drug-likeness (QED) is 0.394. The molecule has 2 aromatic rings. The topological polar surface area (TPSA) is 67.8 Å². The van der Waals surface area contributed by atoms with Gasteiger partial charge < -0.3 is 15.7 Å². The molecule has 2 aromatic carbocycles. The third-order valence-corrected chi connectivity index (χ3v) is 2.83. The van der Waals surface area contributed by atoms with Crippen LogP contribution in [0, 0.1) is 5.82 Å². The Bertz CT molecular complexity index is 630. The molecule has 0 unspecified atom stereocenters. The van der Waals surface area contributed by atoms with E-state index >= 15 is 0 Å². The number of rotatable bonds is 4. The van der Waals surface area contributed by atoms with Gasteiger partial charge in [-0.2, -0.15) is 0 Å². The minimum Gasteiger partial charge on any atom is -0.489 e. The van der Waals surface area contributed by atoms with Crippen molar-refractivity contribution in [2.45, 2.75) is 6.61 Å². The molecule has 0 atom stereocenters. The zero-order valence-corrected chi connectivity index (χ0v) is 11.1. The van der Waals surface area contributed by atoms with Gasteiger partial charge in [-0.15, -0.1) is 0 Å². The van der Waals surface area contributed by atoms with E-state index in [0.29, 0.717) is 21.9 Å². The molecule has 0 saturated heterocycles. The van der Waals surface area contributed by atoms with E-state index in [1.165, 1.54) is 12.1 Å². The summed E-state index contributed by atoms with van der Waals surface area (Å²) in [4.78, 5) is 0. The van der Waals surface area contributed by atoms with Crippen molar-refractivity contribution >= 4 is 17.4 Å². The summed E-state index contributed by atoms with van der Waals surface area (Å²) in [5, 5.41) is 12.1. The summed E-state index contributed by atoms with van der Waals surface area (Å²) < 4.78 is 18.9. The van der Waals surface area contributed by atoms with Gasteiger partial charge in [0, 0.05) is 10.6 Å². The molecule has 0 bridgehead atoms. The predicted octanol–water partition coefficient (Wildman–Crippen LogP) is 3.15. The molecule has 0 amide bonds. The molecule has 0 radical (unpaired) electrons. The smallest absolute Gasteiger partial charge is 0.170 e. The first-order valence-corrected chi connectivity index (χ1v) is 6.12. The number of halogens is 2. The van der Waals surface area contributed by atoms with Gasteiger partial charge in [0.15, 0.2) is 5.84 Å². The van der Waals surface area contributed by atoms with Crippen LogP contribution in [0.2, 0.25) is 5.02 Å². The largest absolute Gasteiger partial charge is 0.489 e. The van der Waals surface area contributed by atoms with Gasteiger partial charge in [0.05, 0.1) is 0 Å². The second-order valence-corrected chi connectivity index (χ2v) is 4.51. The Morgan fingerprint density at radius 3 is 2.60 bits per heavy atom. The molecule has 104 valence electrons. The Morgan fingerprint density at radius 1 is 1.25 bits per heavy atom. The lowest BCUT2D eigenvalue weighted by Crippen LogP contribution is -2.14. The lowest BCUT2D eigenvalue weighted by Gasteiger charge is -2.08. The molecular formula is C14H12ClFN2O2. The van der Waals surface area contributed by atoms with E-state index in [-0.39, 0.29) is 12.4 Å². The van der Waals surface area contributed by atoms with E-state index in [1.54, 1.807) is 30.3 Å². The molecule has 2 rings (SSSR count). The van der Waals surface area contributed by atoms with Gasteiger partial charge in [-0.05, 0) is 48.0 Å². The molecule has 0 aliphatic carbocycles. The fourth-order valence-corrected chi connectivity index (χ4v) is 1.76. The standard InChI is InChI=1S/C14H12ClFN2O2/c15-11-1-3-13(4-2-11)20-8-9-5-10(14(17)18-19)7-12(16)6-9/h1-7,19H,8H2,(H2,17,18). The average Bonchev–Trinajstić information content (AvgIpc) is 2.45. The first kappa shape index (κ1) is 14.1. The van der Waals surface area contributed by atoms with E-state index in [9.17, 15) is 4.39 Å². The highest BCUT2D eigenvalue weighted by Crippen LogP contribution is 2.17. The van der Waals surface area contributed by atoms with Gasteiger partial charge in [-0.3, -0.25) is 0 Å². The van der Waals surface area contributed by atoms with Crippen molar-refractivity contribution in [1.29, 1.82) is 0 Å². The van der Waals surface area contributed by atoms with E-state index in [4.69, 9.17) is 27.3 Å². The Labute approximate surface area is 120 Å². The van der Waals surface area contributed by atoms with Crippen LogP contribution in [0.15, 0.2) is 47.6 Å². The van der Waals surface area contributed by atoms with Crippen LogP contribution in [0.25, 0.3) is 0 Å². The summed E-state index contributed by atoms with van der Waals surface area (Å²) in [6, 6.07) is 10.9. The predicted molar refractivity (Wildman–Crippen MR) is 74.7 cm³/mol. The van der Waals surface area contributed by atoms with Crippen LogP contribution in [-0.2, 0) is 6.61 Å². The molecule has 4 nitrogen and oxygen atoms in total. The maximum atomic E-state index is 13.4. The Kier molecular flexibility index (Phi) is 4.42. The molecule has 0 saturated carbocycles. The van der Waals surface area contributed by atoms with Crippen LogP contribution >= 0.6 is 11.6 Å². The van der Waals surface area contributed by atoms with Gasteiger partial charge in [0.2, 0.25) is 0 Å². The first-order valence-electron chi connectivity index (χ1n) is 5.74. The van der Waals surface area contributed by atoms with Crippen molar-refractivity contribution in [3.63, 3.8) is 0 Å². The number of benzene rings is 2. The van der Waals surface area contributed by atoms with Crippen molar-refractivity contribution in [2.24, 2.45) is 10.9 Å². The normalized spacial score (nSPS) is 11.4. The summed E-state index contributed by atoms with van der Waals surface area (Å²) in [7, 11) is 0. The minimum absolute atomic E-state index is 0.155. The average molecular weight is 295 g/mol. The highest BCUT2D eigenvalue weighted by molar-refractivity contribution is 6.30. The third kappa shape index (κ3) is 3.61. The van der Waals surface area contributed by atoms with E-state index in [2.05, 4.69) is 5.16 Å². The molecule has 0 heterocycles. The highest BCUT2D eigenvalue weighted by Gasteiger charge is 2.05. The third-order valence-electron chi connectivity index (χ3n) is 2.58. The van der Waals surface area contributed by atoms with E-state index in [1.807, 2.05) is 0 Å². The van der Waals surface area contributed by atoms with Gasteiger partial charge in [-0.25, -0.2) is 4.39 Å². The van der Waals surface area contributed by atoms with Gasteiger partial charge in [-0.1, -0.05) is 16.8 Å². The molecule has 0 aliphatic heterocycles. The fraction of sp³-hybridized carbons (Fsp3) is 0.0714. The summed E-state index contributed by atoms with van der Waals surface area (Å²) >= 11 is 5.77. The number of hydrogen-bond acceptors (Lipinski definition) is 3. The molecule has 6 heteroatoms. The second kappa shape index (κ2) is 6.25. The monoisotopic (exact) mass is 294 g/mol. The van der Waals surface area contributed by atoms with Gasteiger partial charge in [0.1, 0.15) is 18.2 Å². The van der Waals surface area contributed by atoms with Crippen molar-refractivity contribution in [3.05, 3.63) is 64.4 Å². The van der Waals surface area contributed by atoms with Crippen LogP contribution < -0.4 is 10.5 Å². The molecule has 20 heavy (non-hydrogen) atoms. The summed E-state index contributed by atoms with van der Waals surface area (Å²) in [6.45, 7) is 0.158. The lowest BCUT2D eigenvalue weighted by atomic mass is 10.1. The first-order chi connectivity index (χ1) is 9.58. The lowest BCUT2D eigenvalue weighted by molar-refractivity contribution is 0.305. The zero-order valence-electron chi connectivity index (χ0n) is 10.4. The Balaban J connectivity index is 2.13. The SMILES string of the molecule is N/C(=N/O)c1cc(F)cc(COc2ccc(Cl)cc2)c1. The number of nitrogens with two attached hydrogens (primary N) is 1. The van der Waals surface area contributed by atoms with Crippen molar-refractivity contribution in [2.75, 3.05) is 0 Å². The number of hydrogen-bond donors (Lipinski definition) is 2. The van der Waals surface area contributed by atoms with Crippen LogP contribution in [0.4, 0.5) is 4.39 Å². The second-order valence-electron chi connectivity index (χ2n) is 4.08. The van der Waals surface area contributed by atoms with Gasteiger partial charge >= 0.3 is 0 Å². The number of oxime groups is 1. The maximum Gasteiger partial charge on any atom is 0.170 e. The summed E-state index contributed by atoms with van der Waals surface area (Å²) in [6.07, 6.45) is 0. The number of nitrogens with zero attached hydrogens (tertiary/aromatic N) is 1. The van der Waals surface area contributed by atoms with Crippen LogP contribution in [0.5, 0.6) is 5.75 Å². The summed E-state index contributed by atoms with van der Waals surface area (Å²) in [5.41, 5.74) is 6.30. The molecule has 0 fully saturated rings. The number of amidine groups is 1. The van der Waals surface area contributed by atoms with Crippen molar-refractivity contribution in [1.82, 2.24) is 0 Å². The fourth-order valence-electron chi connectivity index (χ4n) is 1.64. The number of ether oxygens (including phenoxy) is 1. The maximum absolute atomic E-state index is 13.4. The molecule has 3 N–H and O–H groups in total. The van der Waals surface area contributed by atoms with Crippen molar-refractivity contribution < 1.29 is 14.3 Å².